The zero-order valence-corrected chi connectivity index (χ0v) is 13.3. The Labute approximate surface area is 129 Å². The lowest BCUT2D eigenvalue weighted by molar-refractivity contribution is -0.140. The molecule has 0 atom stereocenters. The quantitative estimate of drug-likeness (QED) is 0.758. The summed E-state index contributed by atoms with van der Waals surface area (Å²) in [5, 5.41) is 1.38. The number of benzene rings is 1. The molecule has 0 spiro atoms. The molecule has 1 heterocycles. The summed E-state index contributed by atoms with van der Waals surface area (Å²) in [7, 11) is -2.41. The number of methoxy groups -OCH3 is 1. The van der Waals surface area contributed by atoms with E-state index in [2.05, 4.69) is 9.72 Å². The number of aromatic nitrogens is 1. The molecule has 1 aromatic heterocycles. The van der Waals surface area contributed by atoms with Gasteiger partial charge in [-0.3, -0.25) is 9.78 Å². The normalized spacial score (nSPS) is 11.8. The average Bonchev–Trinajstić information content (AvgIpc) is 2.54. The van der Waals surface area contributed by atoms with E-state index >= 15 is 0 Å². The molecule has 0 aliphatic carbocycles. The van der Waals surface area contributed by atoms with Crippen molar-refractivity contribution < 1.29 is 17.9 Å². The van der Waals surface area contributed by atoms with Crippen LogP contribution in [0.4, 0.5) is 0 Å². The van der Waals surface area contributed by atoms with Crippen LogP contribution < -0.4 is 0 Å². The summed E-state index contributed by atoms with van der Waals surface area (Å²) in [5.41, 5.74) is 0. The molecule has 0 aliphatic rings. The molecule has 0 bridgehead atoms. The molecule has 0 fully saturated rings. The van der Waals surface area contributed by atoms with Crippen LogP contribution in [0.2, 0.25) is 0 Å². The molecular formula is C15H18N2O4S. The van der Waals surface area contributed by atoms with E-state index in [1.54, 1.807) is 31.3 Å². The molecule has 2 aromatic rings. The third kappa shape index (κ3) is 3.26. The topological polar surface area (TPSA) is 76.6 Å². The van der Waals surface area contributed by atoms with E-state index in [0.717, 1.165) is 5.39 Å². The van der Waals surface area contributed by atoms with Crippen LogP contribution in [0.5, 0.6) is 0 Å². The van der Waals surface area contributed by atoms with Crippen molar-refractivity contribution in [3.63, 3.8) is 0 Å². The number of hydrogen-bond acceptors (Lipinski definition) is 5. The molecule has 0 amide bonds. The van der Waals surface area contributed by atoms with Gasteiger partial charge in [0, 0.05) is 30.9 Å². The van der Waals surface area contributed by atoms with Crippen molar-refractivity contribution in [1.29, 1.82) is 0 Å². The van der Waals surface area contributed by atoms with E-state index < -0.39 is 16.0 Å². The van der Waals surface area contributed by atoms with E-state index in [-0.39, 0.29) is 24.4 Å². The van der Waals surface area contributed by atoms with Crippen LogP contribution in [0.1, 0.15) is 13.3 Å². The number of ether oxygens (including phenoxy) is 1. The third-order valence-corrected chi connectivity index (χ3v) is 5.44. The molecular weight excluding hydrogens is 304 g/mol. The molecule has 0 saturated heterocycles. The lowest BCUT2D eigenvalue weighted by atomic mass is 10.2. The minimum absolute atomic E-state index is 0.0204. The molecule has 0 saturated carbocycles. The third-order valence-electron chi connectivity index (χ3n) is 3.41. The number of carbonyl (C=O) groups is 1. The maximum atomic E-state index is 12.8. The fourth-order valence-corrected chi connectivity index (χ4v) is 3.86. The number of esters is 1. The Morgan fingerprint density at radius 3 is 2.77 bits per heavy atom. The highest BCUT2D eigenvalue weighted by Gasteiger charge is 2.25. The first kappa shape index (κ1) is 16.4. The van der Waals surface area contributed by atoms with Gasteiger partial charge in [0.2, 0.25) is 10.0 Å². The number of carbonyl (C=O) groups excluding carboxylic acids is 1. The zero-order chi connectivity index (χ0) is 16.2. The Balaban J connectivity index is 2.40. The summed E-state index contributed by atoms with van der Waals surface area (Å²) in [4.78, 5) is 15.5. The lowest BCUT2D eigenvalue weighted by Gasteiger charge is -2.20. The summed E-state index contributed by atoms with van der Waals surface area (Å²) in [5.74, 6) is -0.437. The SMILES string of the molecule is CCN(CCC(=O)OC)S(=O)(=O)c1cccc2ccncc12. The summed E-state index contributed by atoms with van der Waals surface area (Å²) >= 11 is 0. The second-order valence-electron chi connectivity index (χ2n) is 4.68. The van der Waals surface area contributed by atoms with Crippen molar-refractivity contribution in [2.45, 2.75) is 18.2 Å². The summed E-state index contributed by atoms with van der Waals surface area (Å²) in [6.45, 7) is 2.09. The van der Waals surface area contributed by atoms with Gasteiger partial charge in [-0.05, 0) is 17.5 Å². The highest BCUT2D eigenvalue weighted by Crippen LogP contribution is 2.25. The number of rotatable bonds is 6. The monoisotopic (exact) mass is 322 g/mol. The smallest absolute Gasteiger partial charge is 0.306 e. The summed E-state index contributed by atoms with van der Waals surface area (Å²) in [6.07, 6.45) is 3.18. The first-order chi connectivity index (χ1) is 10.5. The van der Waals surface area contributed by atoms with Crippen molar-refractivity contribution in [2.75, 3.05) is 20.2 Å². The number of fused-ring (bicyclic) bond motifs is 1. The van der Waals surface area contributed by atoms with E-state index in [9.17, 15) is 13.2 Å². The fourth-order valence-electron chi connectivity index (χ4n) is 2.22. The first-order valence-corrected chi connectivity index (χ1v) is 8.34. The largest absolute Gasteiger partial charge is 0.469 e. The van der Waals surface area contributed by atoms with E-state index in [4.69, 9.17) is 0 Å². The molecule has 22 heavy (non-hydrogen) atoms. The number of sulfonamides is 1. The molecule has 7 heteroatoms. The van der Waals surface area contributed by atoms with Gasteiger partial charge in [-0.1, -0.05) is 19.1 Å². The van der Waals surface area contributed by atoms with Crippen LogP contribution in [0.3, 0.4) is 0 Å². The average molecular weight is 322 g/mol. The van der Waals surface area contributed by atoms with Crippen molar-refractivity contribution in [3.05, 3.63) is 36.7 Å². The number of hydrogen-bond donors (Lipinski definition) is 0. The molecule has 2 rings (SSSR count). The van der Waals surface area contributed by atoms with Crippen molar-refractivity contribution in [2.24, 2.45) is 0 Å². The maximum Gasteiger partial charge on any atom is 0.306 e. The highest BCUT2D eigenvalue weighted by molar-refractivity contribution is 7.89. The summed E-state index contributed by atoms with van der Waals surface area (Å²) in [6, 6.07) is 6.85. The Morgan fingerprint density at radius 1 is 1.32 bits per heavy atom. The molecule has 0 radical (unpaired) electrons. The van der Waals surface area contributed by atoms with Crippen molar-refractivity contribution in [3.8, 4) is 0 Å². The minimum atomic E-state index is -3.70. The van der Waals surface area contributed by atoms with Crippen molar-refractivity contribution >= 4 is 26.8 Å². The first-order valence-electron chi connectivity index (χ1n) is 6.90. The van der Waals surface area contributed by atoms with E-state index in [1.165, 1.54) is 17.6 Å². The predicted molar refractivity (Wildman–Crippen MR) is 82.8 cm³/mol. The van der Waals surface area contributed by atoms with Crippen LogP contribution in [-0.2, 0) is 19.6 Å². The minimum Gasteiger partial charge on any atom is -0.469 e. The summed E-state index contributed by atoms with van der Waals surface area (Å²) < 4.78 is 31.5. The van der Waals surface area contributed by atoms with Gasteiger partial charge in [0.1, 0.15) is 0 Å². The fraction of sp³-hybridized carbons (Fsp3) is 0.333. The van der Waals surface area contributed by atoms with Crippen LogP contribution in [-0.4, -0.2) is 43.9 Å². The van der Waals surface area contributed by atoms with Crippen LogP contribution in [0.25, 0.3) is 10.8 Å². The Hall–Kier alpha value is -1.99. The van der Waals surface area contributed by atoms with Gasteiger partial charge in [-0.25, -0.2) is 8.42 Å². The Kier molecular flexibility index (Phi) is 5.10. The Morgan fingerprint density at radius 2 is 2.09 bits per heavy atom. The molecule has 0 unspecified atom stereocenters. The second-order valence-corrected chi connectivity index (χ2v) is 6.58. The maximum absolute atomic E-state index is 12.8. The van der Waals surface area contributed by atoms with Crippen LogP contribution in [0.15, 0.2) is 41.6 Å². The van der Waals surface area contributed by atoms with Gasteiger partial charge < -0.3 is 4.74 Å². The van der Waals surface area contributed by atoms with Gasteiger partial charge in [0.15, 0.2) is 0 Å². The van der Waals surface area contributed by atoms with Gasteiger partial charge >= 0.3 is 5.97 Å². The van der Waals surface area contributed by atoms with Gasteiger partial charge in [0.25, 0.3) is 0 Å². The highest BCUT2D eigenvalue weighted by atomic mass is 32.2. The molecule has 0 N–H and O–H groups in total. The standard InChI is InChI=1S/C15H18N2O4S/c1-3-17(10-8-15(18)21-2)22(19,20)14-6-4-5-12-7-9-16-11-13(12)14/h4-7,9,11H,3,8,10H2,1-2H3. The number of pyridine rings is 1. The van der Waals surface area contributed by atoms with Crippen LogP contribution >= 0.6 is 0 Å². The van der Waals surface area contributed by atoms with Crippen LogP contribution in [0, 0.1) is 0 Å². The molecule has 1 aromatic carbocycles. The Bertz CT molecular complexity index is 769. The molecule has 6 nitrogen and oxygen atoms in total. The number of nitrogens with zero attached hydrogens (tertiary/aromatic N) is 2. The van der Waals surface area contributed by atoms with Gasteiger partial charge in [0.05, 0.1) is 18.4 Å². The van der Waals surface area contributed by atoms with Crippen molar-refractivity contribution in [1.82, 2.24) is 9.29 Å². The predicted octanol–water partition coefficient (Wildman–Crippen LogP) is 1.81. The zero-order valence-electron chi connectivity index (χ0n) is 12.5. The van der Waals surface area contributed by atoms with E-state index in [0.29, 0.717) is 5.39 Å². The second kappa shape index (κ2) is 6.85. The van der Waals surface area contributed by atoms with Gasteiger partial charge in [-0.2, -0.15) is 4.31 Å². The lowest BCUT2D eigenvalue weighted by Crippen LogP contribution is -2.33. The van der Waals surface area contributed by atoms with Gasteiger partial charge in [-0.15, -0.1) is 0 Å². The molecule has 0 aliphatic heterocycles. The molecule has 118 valence electrons. The van der Waals surface area contributed by atoms with E-state index in [1.807, 2.05) is 6.07 Å².